The summed E-state index contributed by atoms with van der Waals surface area (Å²) >= 11 is 0. The van der Waals surface area contributed by atoms with Gasteiger partial charge in [0.2, 0.25) is 0 Å². The van der Waals surface area contributed by atoms with Crippen LogP contribution in [0.15, 0.2) is 47.0 Å². The topological polar surface area (TPSA) is 55.6 Å². The predicted molar refractivity (Wildman–Crippen MR) is 113 cm³/mol. The van der Waals surface area contributed by atoms with Gasteiger partial charge >= 0.3 is 0 Å². The maximum atomic E-state index is 13.0. The molecule has 4 rings (SSSR count). The molecule has 0 N–H and O–H groups in total. The van der Waals surface area contributed by atoms with Gasteiger partial charge in [-0.15, -0.1) is 0 Å². The number of rotatable bonds is 8. The molecule has 0 radical (unpaired) electrons. The number of hydrogen-bond acceptors (Lipinski definition) is 5. The van der Waals surface area contributed by atoms with Crippen LogP contribution >= 0.6 is 0 Å². The summed E-state index contributed by atoms with van der Waals surface area (Å²) in [5, 5.41) is 4.98. The van der Waals surface area contributed by atoms with E-state index in [0.717, 1.165) is 61.3 Å². The Bertz CT molecular complexity index is 999. The first kappa shape index (κ1) is 20.5. The van der Waals surface area contributed by atoms with Crippen LogP contribution in [0.2, 0.25) is 0 Å². The fourth-order valence-electron chi connectivity index (χ4n) is 4.17. The first-order valence-electron chi connectivity index (χ1n) is 10.6. The number of benzene rings is 2. The molecule has 1 unspecified atom stereocenters. The molecule has 1 saturated heterocycles. The SMILES string of the molecule is Cc1noc2cccc(OCC3CCCN(CCCC(=O)c4ccc(F)cc4)C3)c12. The van der Waals surface area contributed by atoms with Gasteiger partial charge < -0.3 is 14.2 Å². The lowest BCUT2D eigenvalue weighted by atomic mass is 9.98. The van der Waals surface area contributed by atoms with Crippen LogP contribution in [0.3, 0.4) is 0 Å². The minimum absolute atomic E-state index is 0.0732. The van der Waals surface area contributed by atoms with E-state index in [1.54, 1.807) is 12.1 Å². The normalized spacial score (nSPS) is 17.3. The van der Waals surface area contributed by atoms with Gasteiger partial charge in [-0.25, -0.2) is 4.39 Å². The number of fused-ring (bicyclic) bond motifs is 1. The molecule has 2 heterocycles. The van der Waals surface area contributed by atoms with Gasteiger partial charge in [0.1, 0.15) is 11.6 Å². The van der Waals surface area contributed by atoms with E-state index in [9.17, 15) is 9.18 Å². The minimum Gasteiger partial charge on any atom is -0.492 e. The van der Waals surface area contributed by atoms with Gasteiger partial charge in [-0.05, 0) is 75.7 Å². The maximum Gasteiger partial charge on any atom is 0.170 e. The largest absolute Gasteiger partial charge is 0.492 e. The molecular formula is C24H27FN2O3. The number of ether oxygens (including phenoxy) is 1. The number of nitrogens with zero attached hydrogens (tertiary/aromatic N) is 2. The number of piperidine rings is 1. The number of likely N-dealkylation sites (tertiary alicyclic amines) is 1. The van der Waals surface area contributed by atoms with Crippen molar-refractivity contribution in [3.05, 3.63) is 59.5 Å². The first-order chi connectivity index (χ1) is 14.6. The average molecular weight is 410 g/mol. The van der Waals surface area contributed by atoms with E-state index in [4.69, 9.17) is 9.26 Å². The molecular weight excluding hydrogens is 383 g/mol. The molecule has 0 saturated carbocycles. The highest BCUT2D eigenvalue weighted by molar-refractivity contribution is 5.95. The van der Waals surface area contributed by atoms with Crippen LogP contribution in [-0.4, -0.2) is 42.1 Å². The Hall–Kier alpha value is -2.73. The highest BCUT2D eigenvalue weighted by Gasteiger charge is 2.21. The Morgan fingerprint density at radius 3 is 2.93 bits per heavy atom. The number of aryl methyl sites for hydroxylation is 1. The van der Waals surface area contributed by atoms with Crippen molar-refractivity contribution >= 4 is 16.8 Å². The lowest BCUT2D eigenvalue weighted by Gasteiger charge is -2.32. The monoisotopic (exact) mass is 410 g/mol. The van der Waals surface area contributed by atoms with Crippen molar-refractivity contribution < 1.29 is 18.4 Å². The molecule has 6 heteroatoms. The van der Waals surface area contributed by atoms with E-state index < -0.39 is 0 Å². The van der Waals surface area contributed by atoms with E-state index in [1.807, 2.05) is 25.1 Å². The average Bonchev–Trinajstić information content (AvgIpc) is 3.14. The number of carbonyl (C=O) groups is 1. The smallest absolute Gasteiger partial charge is 0.170 e. The molecule has 1 aliphatic rings. The van der Waals surface area contributed by atoms with E-state index in [0.29, 0.717) is 24.5 Å². The number of Topliss-reactive ketones (excluding diaryl/α,β-unsaturated/α-hetero) is 1. The van der Waals surface area contributed by atoms with Crippen molar-refractivity contribution in [2.24, 2.45) is 5.92 Å². The molecule has 0 aliphatic carbocycles. The highest BCUT2D eigenvalue weighted by atomic mass is 19.1. The summed E-state index contributed by atoms with van der Waals surface area (Å²) in [6.45, 7) is 5.51. The van der Waals surface area contributed by atoms with Crippen LogP contribution in [0, 0.1) is 18.7 Å². The van der Waals surface area contributed by atoms with Crippen molar-refractivity contribution in [1.29, 1.82) is 0 Å². The van der Waals surface area contributed by atoms with Crippen LogP contribution in [-0.2, 0) is 0 Å². The summed E-state index contributed by atoms with van der Waals surface area (Å²) in [7, 11) is 0. The quantitative estimate of drug-likeness (QED) is 0.488. The first-order valence-corrected chi connectivity index (χ1v) is 10.6. The van der Waals surface area contributed by atoms with Gasteiger partial charge in [0.15, 0.2) is 11.4 Å². The lowest BCUT2D eigenvalue weighted by Crippen LogP contribution is -2.38. The van der Waals surface area contributed by atoms with Crippen LogP contribution in [0.25, 0.3) is 11.0 Å². The Morgan fingerprint density at radius 2 is 2.10 bits per heavy atom. The predicted octanol–water partition coefficient (Wildman–Crippen LogP) is 5.03. The summed E-state index contributed by atoms with van der Waals surface area (Å²) in [5.41, 5.74) is 2.18. The number of halogens is 1. The fraction of sp³-hybridized carbons (Fsp3) is 0.417. The maximum absolute atomic E-state index is 13.0. The van der Waals surface area contributed by atoms with Crippen molar-refractivity contribution in [2.45, 2.75) is 32.6 Å². The van der Waals surface area contributed by atoms with Crippen molar-refractivity contribution in [1.82, 2.24) is 10.1 Å². The Balaban J connectivity index is 1.25. The van der Waals surface area contributed by atoms with E-state index in [-0.39, 0.29) is 11.6 Å². The Labute approximate surface area is 175 Å². The van der Waals surface area contributed by atoms with Gasteiger partial charge in [-0.2, -0.15) is 0 Å². The molecule has 2 aromatic carbocycles. The van der Waals surface area contributed by atoms with Crippen LogP contribution in [0.4, 0.5) is 4.39 Å². The molecule has 0 amide bonds. The second-order valence-electron chi connectivity index (χ2n) is 8.05. The second kappa shape index (κ2) is 9.39. The van der Waals surface area contributed by atoms with Gasteiger partial charge in [-0.3, -0.25) is 4.79 Å². The van der Waals surface area contributed by atoms with Crippen molar-refractivity contribution in [3.8, 4) is 5.75 Å². The molecule has 1 fully saturated rings. The second-order valence-corrected chi connectivity index (χ2v) is 8.05. The molecule has 5 nitrogen and oxygen atoms in total. The number of carbonyl (C=O) groups excluding carboxylic acids is 1. The third-order valence-electron chi connectivity index (χ3n) is 5.75. The molecule has 158 valence electrons. The summed E-state index contributed by atoms with van der Waals surface area (Å²) in [4.78, 5) is 14.7. The van der Waals surface area contributed by atoms with Gasteiger partial charge in [0, 0.05) is 24.4 Å². The Morgan fingerprint density at radius 1 is 1.27 bits per heavy atom. The van der Waals surface area contributed by atoms with Crippen LogP contribution in [0.5, 0.6) is 5.75 Å². The molecule has 1 aromatic heterocycles. The number of hydrogen-bond donors (Lipinski definition) is 0. The van der Waals surface area contributed by atoms with Crippen molar-refractivity contribution in [3.63, 3.8) is 0 Å². The van der Waals surface area contributed by atoms with Crippen LogP contribution in [0.1, 0.15) is 41.7 Å². The highest BCUT2D eigenvalue weighted by Crippen LogP contribution is 2.29. The summed E-state index contributed by atoms with van der Waals surface area (Å²) in [6.07, 6.45) is 3.57. The van der Waals surface area contributed by atoms with E-state index in [1.165, 1.54) is 12.1 Å². The van der Waals surface area contributed by atoms with Gasteiger partial charge in [0.25, 0.3) is 0 Å². The zero-order valence-electron chi connectivity index (χ0n) is 17.3. The van der Waals surface area contributed by atoms with Gasteiger partial charge in [-0.1, -0.05) is 11.2 Å². The van der Waals surface area contributed by atoms with E-state index in [2.05, 4.69) is 10.1 Å². The minimum atomic E-state index is -0.316. The standard InChI is InChI=1S/C24H27FN2O3/c1-17-24-22(7-2-8-23(24)30-26-17)29-16-18-5-3-13-27(15-18)14-4-6-21(28)19-9-11-20(25)12-10-19/h2,7-12,18H,3-6,13-16H2,1H3. The molecule has 0 spiro atoms. The zero-order valence-corrected chi connectivity index (χ0v) is 17.3. The number of aromatic nitrogens is 1. The third-order valence-corrected chi connectivity index (χ3v) is 5.75. The Kier molecular flexibility index (Phi) is 6.43. The molecule has 1 atom stereocenters. The lowest BCUT2D eigenvalue weighted by molar-refractivity contribution is 0.0961. The fourth-order valence-corrected chi connectivity index (χ4v) is 4.17. The molecule has 3 aromatic rings. The summed E-state index contributed by atoms with van der Waals surface area (Å²) in [5.74, 6) is 1.04. The zero-order chi connectivity index (χ0) is 20.9. The molecule has 0 bridgehead atoms. The number of ketones is 1. The van der Waals surface area contributed by atoms with Crippen LogP contribution < -0.4 is 4.74 Å². The molecule has 30 heavy (non-hydrogen) atoms. The molecule has 1 aliphatic heterocycles. The summed E-state index contributed by atoms with van der Waals surface area (Å²) < 4.78 is 24.5. The summed E-state index contributed by atoms with van der Waals surface area (Å²) in [6, 6.07) is 11.6. The van der Waals surface area contributed by atoms with Gasteiger partial charge in [0.05, 0.1) is 17.7 Å². The third kappa shape index (κ3) is 4.87. The van der Waals surface area contributed by atoms with E-state index >= 15 is 0 Å². The van der Waals surface area contributed by atoms with Crippen molar-refractivity contribution in [2.75, 3.05) is 26.2 Å².